The first-order chi connectivity index (χ1) is 6.70. The summed E-state index contributed by atoms with van der Waals surface area (Å²) in [5, 5.41) is 0. The van der Waals surface area contributed by atoms with E-state index in [1.54, 1.807) is 6.07 Å². The van der Waals surface area contributed by atoms with Gasteiger partial charge in [0.2, 0.25) is 0 Å². The molecule has 0 aliphatic rings. The molecule has 0 bridgehead atoms. The summed E-state index contributed by atoms with van der Waals surface area (Å²) in [4.78, 5) is 10.4. The molecule has 0 N–H and O–H groups in total. The van der Waals surface area contributed by atoms with Crippen molar-refractivity contribution in [2.24, 2.45) is 0 Å². The van der Waals surface area contributed by atoms with Crippen LogP contribution in [0.5, 0.6) is 5.75 Å². The number of hydrogen-bond acceptors (Lipinski definition) is 2. The molecule has 1 aromatic rings. The SMILES string of the molecule is CC.COc1ccc(Br)c(C=O)c1F. The zero-order valence-corrected chi connectivity index (χ0v) is 9.89. The van der Waals surface area contributed by atoms with Crippen LogP contribution in [0.2, 0.25) is 0 Å². The van der Waals surface area contributed by atoms with E-state index >= 15 is 0 Å². The van der Waals surface area contributed by atoms with Crippen LogP contribution in [0.15, 0.2) is 16.6 Å². The molecule has 0 saturated heterocycles. The van der Waals surface area contributed by atoms with E-state index in [9.17, 15) is 9.18 Å². The van der Waals surface area contributed by atoms with E-state index in [4.69, 9.17) is 0 Å². The van der Waals surface area contributed by atoms with Crippen molar-refractivity contribution < 1.29 is 13.9 Å². The smallest absolute Gasteiger partial charge is 0.176 e. The summed E-state index contributed by atoms with van der Waals surface area (Å²) in [6.07, 6.45) is 0.446. The largest absolute Gasteiger partial charge is 0.494 e. The summed E-state index contributed by atoms with van der Waals surface area (Å²) in [6, 6.07) is 3.01. The molecule has 0 radical (unpaired) electrons. The Balaban J connectivity index is 0.000000791. The van der Waals surface area contributed by atoms with Crippen LogP contribution in [0.1, 0.15) is 24.2 Å². The summed E-state index contributed by atoms with van der Waals surface area (Å²) in [5.74, 6) is -0.567. The highest BCUT2D eigenvalue weighted by atomic mass is 79.9. The second-order valence-electron chi connectivity index (χ2n) is 2.10. The second-order valence-corrected chi connectivity index (χ2v) is 2.95. The summed E-state index contributed by atoms with van der Waals surface area (Å²) >= 11 is 3.04. The third kappa shape index (κ3) is 2.80. The van der Waals surface area contributed by atoms with Crippen molar-refractivity contribution in [3.8, 4) is 5.75 Å². The van der Waals surface area contributed by atoms with Gasteiger partial charge >= 0.3 is 0 Å². The van der Waals surface area contributed by atoms with Gasteiger partial charge in [0.1, 0.15) is 0 Å². The number of ether oxygens (including phenoxy) is 1. The molecule has 0 fully saturated rings. The van der Waals surface area contributed by atoms with E-state index in [2.05, 4.69) is 20.7 Å². The molecule has 0 aliphatic carbocycles. The molecule has 0 heterocycles. The monoisotopic (exact) mass is 262 g/mol. The number of carbonyl (C=O) groups is 1. The lowest BCUT2D eigenvalue weighted by molar-refractivity contribution is 0.111. The molecule has 1 rings (SSSR count). The minimum absolute atomic E-state index is 0.0191. The average molecular weight is 263 g/mol. The highest BCUT2D eigenvalue weighted by Crippen LogP contribution is 2.25. The number of methoxy groups -OCH3 is 1. The molecule has 1 aromatic carbocycles. The quantitative estimate of drug-likeness (QED) is 0.764. The lowest BCUT2D eigenvalue weighted by atomic mass is 10.2. The van der Waals surface area contributed by atoms with Crippen molar-refractivity contribution >= 4 is 22.2 Å². The van der Waals surface area contributed by atoms with Gasteiger partial charge in [0.15, 0.2) is 17.9 Å². The number of carbonyl (C=O) groups excluding carboxylic acids is 1. The molecular formula is C10H12BrFO2. The van der Waals surface area contributed by atoms with Crippen LogP contribution in [0.25, 0.3) is 0 Å². The highest BCUT2D eigenvalue weighted by Gasteiger charge is 2.10. The van der Waals surface area contributed by atoms with Crippen molar-refractivity contribution in [2.75, 3.05) is 7.11 Å². The summed E-state index contributed by atoms with van der Waals surface area (Å²) in [7, 11) is 1.35. The standard InChI is InChI=1S/C8H6BrFO2.C2H6/c1-12-7-3-2-6(9)5(4-11)8(7)10;1-2/h2-4H,1H3;1-2H3. The Morgan fingerprint density at radius 2 is 2.00 bits per heavy atom. The van der Waals surface area contributed by atoms with Crippen molar-refractivity contribution in [2.45, 2.75) is 13.8 Å². The van der Waals surface area contributed by atoms with Gasteiger partial charge in [-0.15, -0.1) is 0 Å². The Morgan fingerprint density at radius 1 is 1.43 bits per heavy atom. The highest BCUT2D eigenvalue weighted by molar-refractivity contribution is 9.10. The topological polar surface area (TPSA) is 26.3 Å². The average Bonchev–Trinajstić information content (AvgIpc) is 2.22. The van der Waals surface area contributed by atoms with E-state index in [1.165, 1.54) is 13.2 Å². The van der Waals surface area contributed by atoms with Crippen LogP contribution in [0.3, 0.4) is 0 Å². The van der Waals surface area contributed by atoms with Crippen LogP contribution >= 0.6 is 15.9 Å². The molecule has 0 aromatic heterocycles. The van der Waals surface area contributed by atoms with Crippen LogP contribution in [-0.2, 0) is 0 Å². The number of benzene rings is 1. The molecule has 0 spiro atoms. The maximum Gasteiger partial charge on any atom is 0.176 e. The lowest BCUT2D eigenvalue weighted by Gasteiger charge is -2.03. The fraction of sp³-hybridized carbons (Fsp3) is 0.300. The van der Waals surface area contributed by atoms with Gasteiger partial charge in [-0.05, 0) is 28.1 Å². The van der Waals surface area contributed by atoms with Crippen LogP contribution in [0.4, 0.5) is 4.39 Å². The van der Waals surface area contributed by atoms with Gasteiger partial charge in [-0.2, -0.15) is 0 Å². The fourth-order valence-corrected chi connectivity index (χ4v) is 1.21. The molecule has 2 nitrogen and oxygen atoms in total. The Bertz CT molecular complexity index is 313. The molecule has 0 unspecified atom stereocenters. The molecular weight excluding hydrogens is 251 g/mol. The van der Waals surface area contributed by atoms with E-state index in [1.807, 2.05) is 13.8 Å². The first-order valence-electron chi connectivity index (χ1n) is 4.18. The third-order valence-corrected chi connectivity index (χ3v) is 2.12. The maximum absolute atomic E-state index is 13.1. The Hall–Kier alpha value is -0.900. The number of hydrogen-bond donors (Lipinski definition) is 0. The van der Waals surface area contributed by atoms with Crippen LogP contribution in [-0.4, -0.2) is 13.4 Å². The molecule has 78 valence electrons. The van der Waals surface area contributed by atoms with Gasteiger partial charge in [-0.25, -0.2) is 4.39 Å². The Morgan fingerprint density at radius 3 is 2.43 bits per heavy atom. The molecule has 4 heteroatoms. The van der Waals surface area contributed by atoms with Gasteiger partial charge in [0, 0.05) is 4.47 Å². The minimum atomic E-state index is -0.637. The second kappa shape index (κ2) is 6.54. The Labute approximate surface area is 91.2 Å². The van der Waals surface area contributed by atoms with Crippen molar-refractivity contribution in [1.29, 1.82) is 0 Å². The molecule has 0 amide bonds. The maximum atomic E-state index is 13.1. The number of aldehydes is 1. The predicted molar refractivity (Wildman–Crippen MR) is 57.4 cm³/mol. The molecule has 0 atom stereocenters. The Kier molecular flexibility index (Phi) is 6.12. The first-order valence-corrected chi connectivity index (χ1v) is 4.97. The van der Waals surface area contributed by atoms with E-state index < -0.39 is 5.82 Å². The minimum Gasteiger partial charge on any atom is -0.494 e. The third-order valence-electron chi connectivity index (χ3n) is 1.43. The summed E-state index contributed by atoms with van der Waals surface area (Å²) in [6.45, 7) is 4.00. The fourth-order valence-electron chi connectivity index (χ4n) is 0.815. The van der Waals surface area contributed by atoms with Crippen molar-refractivity contribution in [3.05, 3.63) is 28.0 Å². The first kappa shape index (κ1) is 13.1. The summed E-state index contributed by atoms with van der Waals surface area (Å²) in [5.41, 5.74) is -0.0191. The van der Waals surface area contributed by atoms with E-state index in [-0.39, 0.29) is 11.3 Å². The molecule has 0 aliphatic heterocycles. The van der Waals surface area contributed by atoms with Crippen LogP contribution < -0.4 is 4.74 Å². The number of halogens is 2. The van der Waals surface area contributed by atoms with Crippen LogP contribution in [0, 0.1) is 5.82 Å². The zero-order chi connectivity index (χ0) is 11.1. The van der Waals surface area contributed by atoms with Gasteiger partial charge in [0.25, 0.3) is 0 Å². The van der Waals surface area contributed by atoms with Gasteiger partial charge < -0.3 is 4.74 Å². The van der Waals surface area contributed by atoms with Gasteiger partial charge in [-0.3, -0.25) is 4.79 Å². The van der Waals surface area contributed by atoms with E-state index in [0.29, 0.717) is 10.8 Å². The normalized spacial score (nSPS) is 8.64. The zero-order valence-electron chi connectivity index (χ0n) is 8.30. The van der Waals surface area contributed by atoms with Crippen molar-refractivity contribution in [3.63, 3.8) is 0 Å². The van der Waals surface area contributed by atoms with Crippen molar-refractivity contribution in [1.82, 2.24) is 0 Å². The summed E-state index contributed by atoms with van der Waals surface area (Å²) < 4.78 is 18.3. The lowest BCUT2D eigenvalue weighted by Crippen LogP contribution is -1.94. The predicted octanol–water partition coefficient (Wildman–Crippen LogP) is 3.44. The van der Waals surface area contributed by atoms with E-state index in [0.717, 1.165) is 0 Å². The van der Waals surface area contributed by atoms with Gasteiger partial charge in [-0.1, -0.05) is 13.8 Å². The molecule has 0 saturated carbocycles. The molecule has 14 heavy (non-hydrogen) atoms. The van der Waals surface area contributed by atoms with Gasteiger partial charge in [0.05, 0.1) is 12.7 Å². The number of rotatable bonds is 2.